The predicted molar refractivity (Wildman–Crippen MR) is 279 cm³/mol. The molecule has 3 fully saturated rings. The molecule has 0 aromatic heterocycles. The summed E-state index contributed by atoms with van der Waals surface area (Å²) in [5.74, 6) is 3.20. The number of hydrogen-bond donors (Lipinski definition) is 6. The fourth-order valence-corrected chi connectivity index (χ4v) is 10.8. The van der Waals surface area contributed by atoms with E-state index >= 15 is 0 Å². The van der Waals surface area contributed by atoms with Gasteiger partial charge in [0.25, 0.3) is 0 Å². The fraction of sp³-hybridized carbons (Fsp3) is 0.847. The molecule has 6 N–H and O–H groups in total. The molecule has 4 rings (SSSR count). The summed E-state index contributed by atoms with van der Waals surface area (Å²) in [6, 6.07) is 8.53. The summed E-state index contributed by atoms with van der Waals surface area (Å²) in [6.07, 6.45) is 36.3. The van der Waals surface area contributed by atoms with Crippen LogP contribution < -0.4 is 5.32 Å². The summed E-state index contributed by atoms with van der Waals surface area (Å²) < 4.78 is 18.1. The first kappa shape index (κ1) is 59.7. The molecule has 1 aliphatic heterocycles. The first-order chi connectivity index (χ1) is 33.7. The Kier molecular flexibility index (Phi) is 31.9. The van der Waals surface area contributed by atoms with Crippen molar-refractivity contribution in [2.75, 3.05) is 13.2 Å². The van der Waals surface area contributed by atoms with Crippen LogP contribution in [-0.2, 0) is 25.6 Å². The molecule has 0 unspecified atom stereocenters. The number of benzene rings is 1. The molecular weight excluding hydrogens is 867 g/mol. The van der Waals surface area contributed by atoms with E-state index in [9.17, 15) is 30.3 Å². The van der Waals surface area contributed by atoms with Gasteiger partial charge >= 0.3 is 0 Å². The number of unbranched alkanes of at least 4 members (excludes halogenated alkanes) is 20. The Morgan fingerprint density at radius 2 is 1.13 bits per heavy atom. The third-order valence-corrected chi connectivity index (χ3v) is 15.7. The van der Waals surface area contributed by atoms with Gasteiger partial charge in [0.15, 0.2) is 6.29 Å². The molecule has 0 radical (unpaired) electrons. The van der Waals surface area contributed by atoms with Gasteiger partial charge in [-0.15, -0.1) is 0 Å². The average Bonchev–Trinajstić information content (AvgIpc) is 4.30. The molecule has 0 spiro atoms. The Bertz CT molecular complexity index is 1430. The SMILES string of the molecule is CCCCCCCCCC[C@H]1C[C@H]1CCCC/C=C\CC[C@@H](O)C(=O)N[C@@H](CO[C@@H]1O[C@H](CO)[C@H](O)[C@H](O)[C@H]1OCc1ccccc1)[C@H](O)CCCCCCC[C@@H]1C[C@@H]1CCCCCCCCCC. The largest absolute Gasteiger partial charge is 0.394 e. The molecule has 3 aliphatic rings. The second-order valence-electron chi connectivity index (χ2n) is 21.7. The highest BCUT2D eigenvalue weighted by atomic mass is 16.7. The van der Waals surface area contributed by atoms with Crippen LogP contribution in [0, 0.1) is 23.7 Å². The molecule has 69 heavy (non-hydrogen) atoms. The van der Waals surface area contributed by atoms with Gasteiger partial charge in [-0.25, -0.2) is 0 Å². The number of carbonyl (C=O) groups excluding carboxylic acids is 1. The zero-order valence-corrected chi connectivity index (χ0v) is 43.8. The van der Waals surface area contributed by atoms with Gasteiger partial charge in [0.2, 0.25) is 5.91 Å². The smallest absolute Gasteiger partial charge is 0.249 e. The summed E-state index contributed by atoms with van der Waals surface area (Å²) in [6.45, 7) is 3.93. The van der Waals surface area contributed by atoms with Crippen LogP contribution in [-0.4, -0.2) is 93.6 Å². The van der Waals surface area contributed by atoms with Crippen molar-refractivity contribution >= 4 is 5.91 Å². The topological polar surface area (TPSA) is 158 Å². The highest BCUT2D eigenvalue weighted by Crippen LogP contribution is 2.46. The van der Waals surface area contributed by atoms with Gasteiger partial charge in [-0.2, -0.15) is 0 Å². The number of nitrogens with one attached hydrogen (secondary N) is 1. The van der Waals surface area contributed by atoms with E-state index in [1.807, 2.05) is 30.3 Å². The van der Waals surface area contributed by atoms with Crippen LogP contribution in [0.1, 0.15) is 231 Å². The van der Waals surface area contributed by atoms with Crippen molar-refractivity contribution in [3.63, 3.8) is 0 Å². The van der Waals surface area contributed by atoms with Crippen LogP contribution in [0.3, 0.4) is 0 Å². The molecule has 1 amide bonds. The molecule has 398 valence electrons. The second-order valence-corrected chi connectivity index (χ2v) is 21.7. The van der Waals surface area contributed by atoms with E-state index in [0.29, 0.717) is 12.8 Å². The lowest BCUT2D eigenvalue weighted by atomic mass is 9.98. The van der Waals surface area contributed by atoms with Crippen molar-refractivity contribution in [1.82, 2.24) is 5.32 Å². The van der Waals surface area contributed by atoms with Crippen molar-refractivity contribution in [2.45, 2.75) is 281 Å². The standard InChI is InChI=1S/C59H103NO9/c1-3-5-7-9-11-13-18-27-35-47-41-49(47)37-29-20-15-16-22-32-40-53(63)58(66)60-51(45-68-59-57(56(65)55(64)54(43-61)69-59)67-44-46-33-25-24-26-34-46)52(62)39-31-23-17-21-30-38-50-42-48(50)36-28-19-14-12-10-8-6-4-2/h16,22,24-26,33-34,47-57,59,61-65H,3-15,17-21,23,27-32,35-45H2,1-2H3,(H,60,66)/b22-16-/t47-,48-,49+,50+,51-,52+,53+,54+,55-,56-,57+,59+/m0/s1. The van der Waals surface area contributed by atoms with E-state index in [-0.39, 0.29) is 19.6 Å². The quantitative estimate of drug-likeness (QED) is 0.0277. The number of allylic oxidation sites excluding steroid dienone is 2. The normalized spacial score (nSPS) is 25.8. The minimum absolute atomic E-state index is 0.118. The maximum absolute atomic E-state index is 13.4. The van der Waals surface area contributed by atoms with Gasteiger partial charge in [0.05, 0.1) is 32.0 Å². The van der Waals surface area contributed by atoms with Gasteiger partial charge in [0.1, 0.15) is 30.5 Å². The summed E-state index contributed by atoms with van der Waals surface area (Å²) >= 11 is 0. The third-order valence-electron chi connectivity index (χ3n) is 15.7. The molecule has 10 heteroatoms. The number of aliphatic hydroxyl groups excluding tert-OH is 5. The summed E-state index contributed by atoms with van der Waals surface area (Å²) in [5, 5.41) is 57.0. The Labute approximate surface area is 420 Å². The van der Waals surface area contributed by atoms with E-state index in [2.05, 4.69) is 31.3 Å². The summed E-state index contributed by atoms with van der Waals surface area (Å²) in [4.78, 5) is 13.4. The Hall–Kier alpha value is -1.89. The highest BCUT2D eigenvalue weighted by molar-refractivity contribution is 5.80. The zero-order valence-electron chi connectivity index (χ0n) is 43.8. The van der Waals surface area contributed by atoms with Crippen molar-refractivity contribution in [1.29, 1.82) is 0 Å². The molecule has 2 saturated carbocycles. The second kappa shape index (κ2) is 36.9. The molecular formula is C59H103NO9. The molecule has 1 heterocycles. The van der Waals surface area contributed by atoms with Crippen LogP contribution in [0.2, 0.25) is 0 Å². The van der Waals surface area contributed by atoms with Crippen LogP contribution in [0.4, 0.5) is 0 Å². The van der Waals surface area contributed by atoms with Crippen LogP contribution in [0.5, 0.6) is 0 Å². The van der Waals surface area contributed by atoms with Crippen molar-refractivity contribution in [3.05, 3.63) is 48.0 Å². The van der Waals surface area contributed by atoms with Crippen LogP contribution in [0.25, 0.3) is 0 Å². The Balaban J connectivity index is 1.16. The minimum atomic E-state index is -1.42. The number of ether oxygens (including phenoxy) is 3. The van der Waals surface area contributed by atoms with Gasteiger partial charge in [-0.3, -0.25) is 4.79 Å². The molecule has 10 nitrogen and oxygen atoms in total. The number of rotatable bonds is 44. The lowest BCUT2D eigenvalue weighted by Crippen LogP contribution is -2.61. The zero-order chi connectivity index (χ0) is 49.3. The van der Waals surface area contributed by atoms with Gasteiger partial charge in [0, 0.05) is 0 Å². The van der Waals surface area contributed by atoms with Gasteiger partial charge in [-0.05, 0) is 74.2 Å². The van der Waals surface area contributed by atoms with Gasteiger partial charge < -0.3 is 45.1 Å². The first-order valence-corrected chi connectivity index (χ1v) is 29.0. The third kappa shape index (κ3) is 25.6. The Morgan fingerprint density at radius 1 is 0.638 bits per heavy atom. The number of carbonyl (C=O) groups is 1. The lowest BCUT2D eigenvalue weighted by Gasteiger charge is -2.42. The van der Waals surface area contributed by atoms with Crippen molar-refractivity contribution in [2.24, 2.45) is 23.7 Å². The highest BCUT2D eigenvalue weighted by Gasteiger charge is 2.46. The van der Waals surface area contributed by atoms with E-state index in [1.54, 1.807) is 0 Å². The molecule has 2 aliphatic carbocycles. The molecule has 12 atom stereocenters. The van der Waals surface area contributed by atoms with Crippen molar-refractivity contribution < 1.29 is 44.5 Å². The average molecular weight is 970 g/mol. The maximum Gasteiger partial charge on any atom is 0.249 e. The lowest BCUT2D eigenvalue weighted by molar-refractivity contribution is -0.313. The number of aliphatic hydroxyl groups is 5. The van der Waals surface area contributed by atoms with Crippen LogP contribution in [0.15, 0.2) is 42.5 Å². The fourth-order valence-electron chi connectivity index (χ4n) is 10.8. The van der Waals surface area contributed by atoms with E-state index in [4.69, 9.17) is 14.2 Å². The van der Waals surface area contributed by atoms with Crippen molar-refractivity contribution in [3.8, 4) is 0 Å². The van der Waals surface area contributed by atoms with Gasteiger partial charge in [-0.1, -0.05) is 223 Å². The van der Waals surface area contributed by atoms with E-state index in [0.717, 1.165) is 61.3 Å². The number of hydrogen-bond acceptors (Lipinski definition) is 9. The number of amides is 1. The molecule has 0 bridgehead atoms. The monoisotopic (exact) mass is 970 g/mol. The maximum atomic E-state index is 13.4. The van der Waals surface area contributed by atoms with E-state index < -0.39 is 61.5 Å². The first-order valence-electron chi connectivity index (χ1n) is 29.0. The predicted octanol–water partition coefficient (Wildman–Crippen LogP) is 12.2. The summed E-state index contributed by atoms with van der Waals surface area (Å²) in [5.41, 5.74) is 0.850. The van der Waals surface area contributed by atoms with Crippen LogP contribution >= 0.6 is 0 Å². The molecule has 1 aromatic carbocycles. The Morgan fingerprint density at radius 3 is 1.67 bits per heavy atom. The molecule has 1 aromatic rings. The minimum Gasteiger partial charge on any atom is -0.394 e. The molecule has 1 saturated heterocycles. The van der Waals surface area contributed by atoms with E-state index in [1.165, 1.54) is 161 Å². The summed E-state index contributed by atoms with van der Waals surface area (Å²) in [7, 11) is 0.